The SMILES string of the molecule is CCCNCc1cc(S(=O)(=O)N2CCS(=O)(=O)CC2)c[nH]1. The van der Waals surface area contributed by atoms with Gasteiger partial charge in [0.2, 0.25) is 10.0 Å². The summed E-state index contributed by atoms with van der Waals surface area (Å²) in [5.74, 6) is -0.219. The topological polar surface area (TPSA) is 99.3 Å². The summed E-state index contributed by atoms with van der Waals surface area (Å²) in [4.78, 5) is 3.13. The Bertz CT molecular complexity index is 665. The summed E-state index contributed by atoms with van der Waals surface area (Å²) >= 11 is 0. The average molecular weight is 335 g/mol. The van der Waals surface area contributed by atoms with E-state index in [2.05, 4.69) is 17.2 Å². The summed E-state index contributed by atoms with van der Waals surface area (Å²) in [7, 11) is -6.70. The van der Waals surface area contributed by atoms with Gasteiger partial charge < -0.3 is 10.3 Å². The van der Waals surface area contributed by atoms with Gasteiger partial charge in [0.15, 0.2) is 9.84 Å². The van der Waals surface area contributed by atoms with Crippen molar-refractivity contribution in [2.24, 2.45) is 0 Å². The van der Waals surface area contributed by atoms with Crippen molar-refractivity contribution >= 4 is 19.9 Å². The van der Waals surface area contributed by atoms with E-state index in [0.29, 0.717) is 6.54 Å². The molecule has 21 heavy (non-hydrogen) atoms. The number of aromatic amines is 1. The number of nitrogens with zero attached hydrogens (tertiary/aromatic N) is 1. The number of aromatic nitrogens is 1. The highest BCUT2D eigenvalue weighted by Crippen LogP contribution is 2.19. The molecule has 9 heteroatoms. The smallest absolute Gasteiger partial charge is 0.244 e. The number of nitrogens with one attached hydrogen (secondary N) is 2. The zero-order valence-corrected chi connectivity index (χ0v) is 13.6. The first-order chi connectivity index (χ1) is 9.85. The van der Waals surface area contributed by atoms with Gasteiger partial charge >= 0.3 is 0 Å². The second-order valence-corrected chi connectivity index (χ2v) is 9.33. The maximum Gasteiger partial charge on any atom is 0.244 e. The first-order valence-electron chi connectivity index (χ1n) is 6.94. The monoisotopic (exact) mass is 335 g/mol. The van der Waals surface area contributed by atoms with Crippen LogP contribution in [-0.4, -0.2) is 57.3 Å². The quantitative estimate of drug-likeness (QED) is 0.709. The van der Waals surface area contributed by atoms with Crippen molar-refractivity contribution in [3.05, 3.63) is 18.0 Å². The molecule has 0 unspecified atom stereocenters. The molecule has 0 aliphatic carbocycles. The molecule has 1 aliphatic heterocycles. The molecule has 120 valence electrons. The van der Waals surface area contributed by atoms with Gasteiger partial charge in [-0.15, -0.1) is 0 Å². The van der Waals surface area contributed by atoms with Crippen molar-refractivity contribution < 1.29 is 16.8 Å². The molecule has 0 spiro atoms. The van der Waals surface area contributed by atoms with Gasteiger partial charge in [-0.3, -0.25) is 0 Å². The van der Waals surface area contributed by atoms with Gasteiger partial charge in [-0.1, -0.05) is 6.92 Å². The van der Waals surface area contributed by atoms with Crippen LogP contribution in [0.3, 0.4) is 0 Å². The van der Waals surface area contributed by atoms with Gasteiger partial charge in [-0.05, 0) is 19.0 Å². The Balaban J connectivity index is 2.06. The number of hydrogen-bond donors (Lipinski definition) is 2. The maximum absolute atomic E-state index is 12.4. The fourth-order valence-electron chi connectivity index (χ4n) is 2.15. The lowest BCUT2D eigenvalue weighted by molar-refractivity contribution is 0.431. The van der Waals surface area contributed by atoms with Gasteiger partial charge in [-0.25, -0.2) is 16.8 Å². The first-order valence-corrected chi connectivity index (χ1v) is 10.2. The molecule has 2 N–H and O–H groups in total. The third-order valence-corrected chi connectivity index (χ3v) is 6.89. The summed E-state index contributed by atoms with van der Waals surface area (Å²) in [6.45, 7) is 3.56. The number of hydrogen-bond acceptors (Lipinski definition) is 5. The van der Waals surface area contributed by atoms with E-state index in [-0.39, 0.29) is 29.5 Å². The molecule has 1 aromatic rings. The molecule has 0 atom stereocenters. The molecule has 2 heterocycles. The fraction of sp³-hybridized carbons (Fsp3) is 0.667. The molecule has 1 aromatic heterocycles. The van der Waals surface area contributed by atoms with Crippen LogP contribution in [-0.2, 0) is 26.4 Å². The standard InChI is InChI=1S/C12H21N3O4S2/c1-2-3-13-9-11-8-12(10-14-11)21(18,19)15-4-6-20(16,17)7-5-15/h8,10,13-14H,2-7,9H2,1H3. The van der Waals surface area contributed by atoms with Crippen molar-refractivity contribution in [2.75, 3.05) is 31.1 Å². The van der Waals surface area contributed by atoms with Gasteiger partial charge in [0.25, 0.3) is 0 Å². The second-order valence-electron chi connectivity index (χ2n) is 5.09. The maximum atomic E-state index is 12.4. The van der Waals surface area contributed by atoms with E-state index < -0.39 is 19.9 Å². The van der Waals surface area contributed by atoms with Crippen LogP contribution in [0.2, 0.25) is 0 Å². The molecule has 1 fully saturated rings. The Morgan fingerprint density at radius 1 is 1.33 bits per heavy atom. The van der Waals surface area contributed by atoms with Crippen LogP contribution in [0, 0.1) is 0 Å². The van der Waals surface area contributed by atoms with Crippen molar-refractivity contribution in [1.29, 1.82) is 0 Å². The van der Waals surface area contributed by atoms with E-state index in [4.69, 9.17) is 0 Å². The highest BCUT2D eigenvalue weighted by atomic mass is 32.2. The minimum absolute atomic E-state index is 0.0270. The van der Waals surface area contributed by atoms with Gasteiger partial charge in [0.05, 0.1) is 16.4 Å². The van der Waals surface area contributed by atoms with Crippen LogP contribution in [0.15, 0.2) is 17.2 Å². The summed E-state index contributed by atoms with van der Waals surface area (Å²) in [5, 5.41) is 3.19. The van der Waals surface area contributed by atoms with Crippen molar-refractivity contribution in [3.63, 3.8) is 0 Å². The van der Waals surface area contributed by atoms with Crippen molar-refractivity contribution in [3.8, 4) is 0 Å². The summed E-state index contributed by atoms with van der Waals surface area (Å²) in [6, 6.07) is 1.60. The lowest BCUT2D eigenvalue weighted by Crippen LogP contribution is -2.43. The molecule has 0 bridgehead atoms. The Morgan fingerprint density at radius 2 is 2.00 bits per heavy atom. The average Bonchev–Trinajstić information content (AvgIpc) is 2.88. The van der Waals surface area contributed by atoms with E-state index in [9.17, 15) is 16.8 Å². The van der Waals surface area contributed by atoms with Crippen molar-refractivity contribution in [1.82, 2.24) is 14.6 Å². The Labute approximate surface area is 125 Å². The molecule has 0 radical (unpaired) electrons. The molecule has 1 aliphatic rings. The summed E-state index contributed by atoms with van der Waals surface area (Å²) < 4.78 is 48.9. The number of rotatable bonds is 6. The molecule has 0 aromatic carbocycles. The zero-order valence-electron chi connectivity index (χ0n) is 12.0. The summed E-state index contributed by atoms with van der Waals surface area (Å²) in [6.07, 6.45) is 2.47. The third kappa shape index (κ3) is 4.06. The Hall–Kier alpha value is -0.900. The third-order valence-electron chi connectivity index (χ3n) is 3.40. The van der Waals surface area contributed by atoms with Gasteiger partial charge in [-0.2, -0.15) is 4.31 Å². The minimum atomic E-state index is -3.61. The normalized spacial score (nSPS) is 19.7. The lowest BCUT2D eigenvalue weighted by atomic mass is 10.4. The predicted octanol–water partition coefficient (Wildman–Crippen LogP) is -0.0666. The second kappa shape index (κ2) is 6.47. The number of sulfone groups is 1. The van der Waals surface area contributed by atoms with Crippen LogP contribution in [0.5, 0.6) is 0 Å². The van der Waals surface area contributed by atoms with Crippen LogP contribution >= 0.6 is 0 Å². The highest BCUT2D eigenvalue weighted by molar-refractivity contribution is 7.92. The summed E-state index contributed by atoms with van der Waals surface area (Å²) in [5.41, 5.74) is 0.798. The molecular weight excluding hydrogens is 314 g/mol. The van der Waals surface area contributed by atoms with Gasteiger partial charge in [0, 0.05) is 31.5 Å². The van der Waals surface area contributed by atoms with E-state index in [1.165, 1.54) is 10.5 Å². The fourth-order valence-corrected chi connectivity index (χ4v) is 5.05. The van der Waals surface area contributed by atoms with Crippen LogP contribution in [0.1, 0.15) is 19.0 Å². The molecule has 0 saturated carbocycles. The molecule has 0 amide bonds. The first kappa shape index (κ1) is 16.5. The Kier molecular flexibility index (Phi) is 5.07. The van der Waals surface area contributed by atoms with E-state index >= 15 is 0 Å². The minimum Gasteiger partial charge on any atom is -0.363 e. The van der Waals surface area contributed by atoms with Crippen molar-refractivity contribution in [2.45, 2.75) is 24.8 Å². The molecule has 2 rings (SSSR count). The largest absolute Gasteiger partial charge is 0.363 e. The zero-order chi connectivity index (χ0) is 15.5. The van der Waals surface area contributed by atoms with E-state index in [0.717, 1.165) is 18.7 Å². The van der Waals surface area contributed by atoms with Crippen LogP contribution in [0.4, 0.5) is 0 Å². The molecule has 1 saturated heterocycles. The van der Waals surface area contributed by atoms with E-state index in [1.807, 2.05) is 0 Å². The van der Waals surface area contributed by atoms with Gasteiger partial charge in [0.1, 0.15) is 0 Å². The Morgan fingerprint density at radius 3 is 2.62 bits per heavy atom. The highest BCUT2D eigenvalue weighted by Gasteiger charge is 2.31. The van der Waals surface area contributed by atoms with Crippen LogP contribution < -0.4 is 5.32 Å². The number of H-pyrrole nitrogens is 1. The molecular formula is C12H21N3O4S2. The molecule has 7 nitrogen and oxygen atoms in total. The number of sulfonamides is 1. The van der Waals surface area contributed by atoms with Crippen LogP contribution in [0.25, 0.3) is 0 Å². The predicted molar refractivity (Wildman–Crippen MR) is 80.2 cm³/mol. The van der Waals surface area contributed by atoms with E-state index in [1.54, 1.807) is 6.07 Å². The lowest BCUT2D eigenvalue weighted by Gasteiger charge is -2.25.